The van der Waals surface area contributed by atoms with Gasteiger partial charge < -0.3 is 0 Å². The molecular formula is C10H12S2. The van der Waals surface area contributed by atoms with E-state index in [1.807, 2.05) is 22.7 Å². The normalized spacial score (nSPS) is 11.6. The van der Waals surface area contributed by atoms with Crippen LogP contribution in [0.2, 0.25) is 0 Å². The Morgan fingerprint density at radius 1 is 1.33 bits per heavy atom. The monoisotopic (exact) mass is 196 g/mol. The fraction of sp³-hybridized carbons (Fsp3) is 0.400. The number of thiophene rings is 2. The van der Waals surface area contributed by atoms with E-state index in [-0.39, 0.29) is 0 Å². The van der Waals surface area contributed by atoms with Gasteiger partial charge in [0.2, 0.25) is 0 Å². The average molecular weight is 196 g/mol. The minimum Gasteiger partial charge on any atom is -0.143 e. The average Bonchev–Trinajstić information content (AvgIpc) is 2.52. The van der Waals surface area contributed by atoms with Gasteiger partial charge in [0, 0.05) is 9.40 Å². The first-order valence-electron chi connectivity index (χ1n) is 4.21. The third-order valence-electron chi connectivity index (χ3n) is 1.88. The van der Waals surface area contributed by atoms with Gasteiger partial charge in [0.25, 0.3) is 0 Å². The summed E-state index contributed by atoms with van der Waals surface area (Å²) < 4.78 is 2.96. The second-order valence-corrected chi connectivity index (χ2v) is 5.30. The quantitative estimate of drug-likeness (QED) is 0.676. The lowest BCUT2D eigenvalue weighted by atomic mass is 10.1. The molecule has 0 bridgehead atoms. The highest BCUT2D eigenvalue weighted by Gasteiger charge is 2.06. The van der Waals surface area contributed by atoms with Crippen LogP contribution >= 0.6 is 22.7 Å². The van der Waals surface area contributed by atoms with Crippen molar-refractivity contribution in [3.05, 3.63) is 22.4 Å². The Bertz CT molecular complexity index is 368. The molecule has 2 heterocycles. The fourth-order valence-electron chi connectivity index (χ4n) is 1.39. The Labute approximate surface area is 80.9 Å². The van der Waals surface area contributed by atoms with Crippen molar-refractivity contribution >= 4 is 32.1 Å². The molecule has 0 radical (unpaired) electrons. The summed E-state index contributed by atoms with van der Waals surface area (Å²) in [6.07, 6.45) is 1.22. The number of hydrogen-bond acceptors (Lipinski definition) is 2. The zero-order chi connectivity index (χ0) is 8.55. The van der Waals surface area contributed by atoms with Gasteiger partial charge in [-0.2, -0.15) is 0 Å². The molecule has 2 aromatic rings. The van der Waals surface area contributed by atoms with Crippen molar-refractivity contribution < 1.29 is 0 Å². The Hall–Kier alpha value is -0.340. The predicted molar refractivity (Wildman–Crippen MR) is 58.2 cm³/mol. The van der Waals surface area contributed by atoms with Gasteiger partial charge in [-0.3, -0.25) is 0 Å². The molecule has 2 rings (SSSR count). The van der Waals surface area contributed by atoms with Gasteiger partial charge in [-0.25, -0.2) is 0 Å². The summed E-state index contributed by atoms with van der Waals surface area (Å²) in [5, 5.41) is 4.49. The molecule has 0 unspecified atom stereocenters. The summed E-state index contributed by atoms with van der Waals surface area (Å²) in [5.41, 5.74) is 1.54. The first-order valence-corrected chi connectivity index (χ1v) is 5.97. The van der Waals surface area contributed by atoms with E-state index in [9.17, 15) is 0 Å². The highest BCUT2D eigenvalue weighted by atomic mass is 32.1. The van der Waals surface area contributed by atoms with Gasteiger partial charge in [-0.05, 0) is 34.7 Å². The summed E-state index contributed by atoms with van der Waals surface area (Å²) in [5.74, 6) is 0.768. The van der Waals surface area contributed by atoms with Crippen LogP contribution in [-0.2, 0) is 6.42 Å². The lowest BCUT2D eigenvalue weighted by Gasteiger charge is -2.00. The summed E-state index contributed by atoms with van der Waals surface area (Å²) >= 11 is 3.75. The molecule has 0 aliphatic rings. The van der Waals surface area contributed by atoms with Crippen molar-refractivity contribution in [2.75, 3.05) is 0 Å². The van der Waals surface area contributed by atoms with E-state index in [4.69, 9.17) is 0 Å². The molecule has 0 N–H and O–H groups in total. The molecule has 2 heteroatoms. The van der Waals surface area contributed by atoms with Crippen molar-refractivity contribution in [3.63, 3.8) is 0 Å². The zero-order valence-corrected chi connectivity index (χ0v) is 8.97. The van der Waals surface area contributed by atoms with Crippen LogP contribution in [0.1, 0.15) is 19.4 Å². The summed E-state index contributed by atoms with van der Waals surface area (Å²) in [4.78, 5) is 0. The van der Waals surface area contributed by atoms with Crippen molar-refractivity contribution in [2.45, 2.75) is 20.3 Å². The lowest BCUT2D eigenvalue weighted by Crippen LogP contribution is -1.90. The molecule has 64 valence electrons. The van der Waals surface area contributed by atoms with Gasteiger partial charge >= 0.3 is 0 Å². The van der Waals surface area contributed by atoms with E-state index >= 15 is 0 Å². The van der Waals surface area contributed by atoms with E-state index in [1.165, 1.54) is 15.8 Å². The smallest absolute Gasteiger partial charge is 0.0482 e. The molecule has 0 fully saturated rings. The minimum atomic E-state index is 0.768. The van der Waals surface area contributed by atoms with E-state index in [0.717, 1.165) is 5.92 Å². The molecule has 0 aliphatic carbocycles. The Morgan fingerprint density at radius 2 is 2.17 bits per heavy atom. The predicted octanol–water partition coefficient (Wildman–Crippen LogP) is 4.16. The lowest BCUT2D eigenvalue weighted by molar-refractivity contribution is 0.651. The van der Waals surface area contributed by atoms with E-state index < -0.39 is 0 Å². The highest BCUT2D eigenvalue weighted by Crippen LogP contribution is 2.31. The second kappa shape index (κ2) is 3.19. The van der Waals surface area contributed by atoms with E-state index in [1.54, 1.807) is 5.56 Å². The molecule has 0 saturated carbocycles. The van der Waals surface area contributed by atoms with Crippen LogP contribution in [-0.4, -0.2) is 0 Å². The van der Waals surface area contributed by atoms with Crippen LogP contribution in [0.25, 0.3) is 9.40 Å². The Kier molecular flexibility index (Phi) is 2.20. The first kappa shape index (κ1) is 8.27. The van der Waals surface area contributed by atoms with Gasteiger partial charge in [-0.1, -0.05) is 13.8 Å². The van der Waals surface area contributed by atoms with E-state index in [0.29, 0.717) is 0 Å². The number of fused-ring (bicyclic) bond motifs is 1. The molecule has 0 aliphatic heterocycles. The summed E-state index contributed by atoms with van der Waals surface area (Å²) in [7, 11) is 0. The molecule has 0 atom stereocenters. The molecule has 12 heavy (non-hydrogen) atoms. The van der Waals surface area contributed by atoms with Gasteiger partial charge in [0.1, 0.15) is 0 Å². The maximum Gasteiger partial charge on any atom is 0.0482 e. The Morgan fingerprint density at radius 3 is 2.92 bits per heavy atom. The maximum absolute atomic E-state index is 2.31. The van der Waals surface area contributed by atoms with Gasteiger partial charge in [0.15, 0.2) is 0 Å². The molecule has 0 saturated heterocycles. The number of rotatable bonds is 2. The highest BCUT2D eigenvalue weighted by molar-refractivity contribution is 7.26. The van der Waals surface area contributed by atoms with Crippen molar-refractivity contribution in [2.24, 2.45) is 5.92 Å². The van der Waals surface area contributed by atoms with Crippen LogP contribution < -0.4 is 0 Å². The maximum atomic E-state index is 2.31. The second-order valence-electron chi connectivity index (χ2n) is 3.47. The topological polar surface area (TPSA) is 0 Å². The minimum absolute atomic E-state index is 0.768. The SMILES string of the molecule is CC(C)Cc1csc2ccsc12. The van der Waals surface area contributed by atoms with Crippen molar-refractivity contribution in [1.29, 1.82) is 0 Å². The molecule has 2 aromatic heterocycles. The zero-order valence-electron chi connectivity index (χ0n) is 7.33. The van der Waals surface area contributed by atoms with Crippen LogP contribution in [0, 0.1) is 5.92 Å². The molecule has 0 amide bonds. The Balaban J connectivity index is 2.40. The van der Waals surface area contributed by atoms with Crippen LogP contribution in [0.15, 0.2) is 16.8 Å². The van der Waals surface area contributed by atoms with Crippen molar-refractivity contribution in [1.82, 2.24) is 0 Å². The fourth-order valence-corrected chi connectivity index (χ4v) is 3.53. The standard InChI is InChI=1S/C10H12S2/c1-7(2)5-8-6-12-9-3-4-11-10(8)9/h3-4,6-7H,5H2,1-2H3. The van der Waals surface area contributed by atoms with Crippen LogP contribution in [0.5, 0.6) is 0 Å². The van der Waals surface area contributed by atoms with Crippen LogP contribution in [0.3, 0.4) is 0 Å². The van der Waals surface area contributed by atoms with Crippen LogP contribution in [0.4, 0.5) is 0 Å². The first-order chi connectivity index (χ1) is 5.77. The summed E-state index contributed by atoms with van der Waals surface area (Å²) in [6, 6.07) is 2.22. The number of hydrogen-bond donors (Lipinski definition) is 0. The third-order valence-corrected chi connectivity index (χ3v) is 3.99. The molecule has 0 spiro atoms. The van der Waals surface area contributed by atoms with Crippen molar-refractivity contribution in [3.8, 4) is 0 Å². The summed E-state index contributed by atoms with van der Waals surface area (Å²) in [6.45, 7) is 4.55. The molecular weight excluding hydrogens is 184 g/mol. The van der Waals surface area contributed by atoms with Gasteiger partial charge in [-0.15, -0.1) is 22.7 Å². The van der Waals surface area contributed by atoms with Gasteiger partial charge in [0.05, 0.1) is 0 Å². The molecule has 0 nitrogen and oxygen atoms in total. The third kappa shape index (κ3) is 1.41. The largest absolute Gasteiger partial charge is 0.143 e. The van der Waals surface area contributed by atoms with E-state index in [2.05, 4.69) is 30.7 Å². The molecule has 0 aromatic carbocycles.